The Labute approximate surface area is 86.3 Å². The first-order chi connectivity index (χ1) is 6.70. The molecule has 0 aliphatic carbocycles. The molecule has 1 heterocycles. The number of hydrogen-bond acceptors (Lipinski definition) is 2. The molecular weight excluding hydrogens is 192 g/mol. The minimum absolute atomic E-state index is 0.557. The molecule has 1 aliphatic rings. The maximum atomic E-state index is 8.00. The maximum Gasteiger partial charge on any atom is 0.118 e. The molecule has 72 valence electrons. The van der Waals surface area contributed by atoms with Gasteiger partial charge in [-0.1, -0.05) is 30.3 Å². The van der Waals surface area contributed by atoms with Crippen molar-refractivity contribution in [3.8, 4) is 0 Å². The van der Waals surface area contributed by atoms with Crippen molar-refractivity contribution in [2.45, 2.75) is 13.8 Å². The van der Waals surface area contributed by atoms with Crippen LogP contribution in [0.15, 0.2) is 45.9 Å². The minimum Gasteiger partial charge on any atom is -0.270 e. The van der Waals surface area contributed by atoms with Crippen molar-refractivity contribution in [3.63, 3.8) is 0 Å². The van der Waals surface area contributed by atoms with Crippen LogP contribution in [0.3, 0.4) is 0 Å². The summed E-state index contributed by atoms with van der Waals surface area (Å²) in [6.45, 7) is 3.96. The van der Waals surface area contributed by atoms with Crippen LogP contribution >= 0.6 is 0 Å². The number of allylic oxidation sites excluding steroid dienone is 2. The van der Waals surface area contributed by atoms with Gasteiger partial charge in [0.2, 0.25) is 0 Å². The molecule has 0 fully saturated rings. The highest BCUT2D eigenvalue weighted by Crippen LogP contribution is 2.23. The van der Waals surface area contributed by atoms with Gasteiger partial charge in [-0.3, -0.25) is 4.78 Å². The van der Waals surface area contributed by atoms with E-state index in [1.807, 2.05) is 44.2 Å². The molecule has 1 unspecified atom stereocenters. The number of hydrogen-bond donors (Lipinski definition) is 1. The van der Waals surface area contributed by atoms with Crippen molar-refractivity contribution in [1.82, 2.24) is 0 Å². The standard InChI is InChI=1S/C11H12N2S/c1-8-9(2)14(12)11(13-8)10-6-4-3-5-7-10/h3-7,12H,1-2H3. The van der Waals surface area contributed by atoms with E-state index in [1.165, 1.54) is 0 Å². The lowest BCUT2D eigenvalue weighted by atomic mass is 10.2. The molecular formula is C11H12N2S. The van der Waals surface area contributed by atoms with Crippen molar-refractivity contribution < 1.29 is 0 Å². The fourth-order valence-electron chi connectivity index (χ4n) is 1.33. The molecule has 1 atom stereocenters. The van der Waals surface area contributed by atoms with Gasteiger partial charge in [-0.25, -0.2) is 4.99 Å². The van der Waals surface area contributed by atoms with Crippen LogP contribution < -0.4 is 0 Å². The smallest absolute Gasteiger partial charge is 0.118 e. The first-order valence-corrected chi connectivity index (χ1v) is 5.70. The average molecular weight is 204 g/mol. The highest BCUT2D eigenvalue weighted by Gasteiger charge is 2.17. The summed E-state index contributed by atoms with van der Waals surface area (Å²) in [5, 5.41) is 0.903. The minimum atomic E-state index is -0.557. The Balaban J connectivity index is 2.43. The van der Waals surface area contributed by atoms with Gasteiger partial charge in [0.15, 0.2) is 0 Å². The van der Waals surface area contributed by atoms with Gasteiger partial charge >= 0.3 is 0 Å². The van der Waals surface area contributed by atoms with E-state index < -0.39 is 10.7 Å². The van der Waals surface area contributed by atoms with Crippen LogP contribution in [0.4, 0.5) is 0 Å². The van der Waals surface area contributed by atoms with Crippen LogP contribution in [0.5, 0.6) is 0 Å². The topological polar surface area (TPSA) is 36.2 Å². The van der Waals surface area contributed by atoms with Crippen molar-refractivity contribution in [1.29, 1.82) is 4.78 Å². The molecule has 1 aromatic carbocycles. The monoisotopic (exact) mass is 204 g/mol. The molecule has 1 aromatic rings. The summed E-state index contributed by atoms with van der Waals surface area (Å²) in [7, 11) is -0.557. The molecule has 0 saturated carbocycles. The van der Waals surface area contributed by atoms with Gasteiger partial charge < -0.3 is 0 Å². The molecule has 0 spiro atoms. The van der Waals surface area contributed by atoms with Gasteiger partial charge in [-0.15, -0.1) is 0 Å². The predicted molar refractivity (Wildman–Crippen MR) is 61.4 cm³/mol. The molecule has 14 heavy (non-hydrogen) atoms. The van der Waals surface area contributed by atoms with Crippen molar-refractivity contribution in [3.05, 3.63) is 46.5 Å². The lowest BCUT2D eigenvalue weighted by Crippen LogP contribution is -2.03. The molecule has 0 radical (unpaired) electrons. The van der Waals surface area contributed by atoms with Gasteiger partial charge in [0, 0.05) is 16.2 Å². The summed E-state index contributed by atoms with van der Waals surface area (Å²) >= 11 is 0. The molecule has 0 saturated heterocycles. The summed E-state index contributed by atoms with van der Waals surface area (Å²) in [4.78, 5) is 5.53. The molecule has 0 aromatic heterocycles. The van der Waals surface area contributed by atoms with E-state index in [1.54, 1.807) is 0 Å². The lowest BCUT2D eigenvalue weighted by Gasteiger charge is -2.02. The SMILES string of the molecule is CC1=C(C)S(=N)C(c2ccccc2)=N1. The van der Waals surface area contributed by atoms with Gasteiger partial charge in [0.25, 0.3) is 0 Å². The van der Waals surface area contributed by atoms with Crippen LogP contribution in [0.2, 0.25) is 0 Å². The second-order valence-electron chi connectivity index (χ2n) is 3.23. The first kappa shape index (κ1) is 9.34. The van der Waals surface area contributed by atoms with Crippen LogP contribution in [-0.2, 0) is 10.7 Å². The average Bonchev–Trinajstić information content (AvgIpc) is 2.47. The molecule has 0 amide bonds. The van der Waals surface area contributed by atoms with E-state index in [-0.39, 0.29) is 0 Å². The van der Waals surface area contributed by atoms with Gasteiger partial charge in [0.05, 0.1) is 0 Å². The van der Waals surface area contributed by atoms with Gasteiger partial charge in [-0.05, 0) is 24.5 Å². The summed E-state index contributed by atoms with van der Waals surface area (Å²) in [5.74, 6) is 0. The molecule has 3 heteroatoms. The van der Waals surface area contributed by atoms with Crippen LogP contribution in [0.1, 0.15) is 19.4 Å². The Kier molecular flexibility index (Phi) is 2.33. The van der Waals surface area contributed by atoms with E-state index in [9.17, 15) is 0 Å². The number of aliphatic imine (C=N–C) groups is 1. The maximum absolute atomic E-state index is 8.00. The fourth-order valence-corrected chi connectivity index (χ4v) is 2.56. The van der Waals surface area contributed by atoms with Gasteiger partial charge in [0.1, 0.15) is 5.04 Å². The van der Waals surface area contributed by atoms with Crippen molar-refractivity contribution in [2.24, 2.45) is 4.99 Å². The Bertz CT molecular complexity index is 444. The number of nitrogens with one attached hydrogen (secondary N) is 1. The fraction of sp³-hybridized carbons (Fsp3) is 0.182. The van der Waals surface area contributed by atoms with Crippen LogP contribution in [-0.4, -0.2) is 5.04 Å². The zero-order chi connectivity index (χ0) is 10.1. The van der Waals surface area contributed by atoms with Crippen molar-refractivity contribution >= 4 is 15.7 Å². The summed E-state index contributed by atoms with van der Waals surface area (Å²) in [6, 6.07) is 9.98. The van der Waals surface area contributed by atoms with Crippen LogP contribution in [0, 0.1) is 4.78 Å². The highest BCUT2D eigenvalue weighted by atomic mass is 32.2. The molecule has 1 N–H and O–H groups in total. The Morgan fingerprint density at radius 1 is 1.14 bits per heavy atom. The molecule has 2 nitrogen and oxygen atoms in total. The number of benzene rings is 1. The van der Waals surface area contributed by atoms with E-state index in [0.717, 1.165) is 21.2 Å². The quantitative estimate of drug-likeness (QED) is 0.730. The van der Waals surface area contributed by atoms with E-state index in [4.69, 9.17) is 4.78 Å². The van der Waals surface area contributed by atoms with E-state index in [2.05, 4.69) is 4.99 Å². The Hall–Kier alpha value is -1.22. The number of rotatable bonds is 1. The van der Waals surface area contributed by atoms with E-state index >= 15 is 0 Å². The lowest BCUT2D eigenvalue weighted by molar-refractivity contribution is 1.29. The highest BCUT2D eigenvalue weighted by molar-refractivity contribution is 8.05. The zero-order valence-electron chi connectivity index (χ0n) is 8.24. The molecule has 1 aliphatic heterocycles. The third kappa shape index (κ3) is 1.44. The molecule has 0 bridgehead atoms. The van der Waals surface area contributed by atoms with Crippen LogP contribution in [0.25, 0.3) is 0 Å². The third-order valence-electron chi connectivity index (χ3n) is 2.30. The first-order valence-electron chi connectivity index (χ1n) is 4.47. The second-order valence-corrected chi connectivity index (χ2v) is 4.84. The Morgan fingerprint density at radius 2 is 1.79 bits per heavy atom. The number of nitrogens with zero attached hydrogens (tertiary/aromatic N) is 1. The summed E-state index contributed by atoms with van der Waals surface area (Å²) in [5.41, 5.74) is 2.07. The van der Waals surface area contributed by atoms with Gasteiger partial charge in [-0.2, -0.15) is 0 Å². The Morgan fingerprint density at radius 3 is 2.29 bits per heavy atom. The third-order valence-corrected chi connectivity index (χ3v) is 3.92. The summed E-state index contributed by atoms with van der Waals surface area (Å²) < 4.78 is 8.00. The second kappa shape index (κ2) is 3.50. The predicted octanol–water partition coefficient (Wildman–Crippen LogP) is 3.08. The normalized spacial score (nSPS) is 21.3. The zero-order valence-corrected chi connectivity index (χ0v) is 9.06. The molecule has 2 rings (SSSR count). The summed E-state index contributed by atoms with van der Waals surface area (Å²) in [6.07, 6.45) is 0. The largest absolute Gasteiger partial charge is 0.270 e. The van der Waals surface area contributed by atoms with Crippen molar-refractivity contribution in [2.75, 3.05) is 0 Å². The van der Waals surface area contributed by atoms with E-state index in [0.29, 0.717) is 0 Å².